The van der Waals surface area contributed by atoms with Gasteiger partial charge in [-0.1, -0.05) is 56.2 Å². The van der Waals surface area contributed by atoms with Crippen LogP contribution in [0.2, 0.25) is 0 Å². The fourth-order valence-corrected chi connectivity index (χ4v) is 5.48. The molecule has 36 heavy (non-hydrogen) atoms. The van der Waals surface area contributed by atoms with E-state index in [-0.39, 0.29) is 24.6 Å². The van der Waals surface area contributed by atoms with Gasteiger partial charge in [0.2, 0.25) is 0 Å². The molecule has 200 valence electrons. The van der Waals surface area contributed by atoms with Crippen molar-refractivity contribution in [2.24, 2.45) is 0 Å². The molecule has 1 aliphatic rings. The van der Waals surface area contributed by atoms with Crippen LogP contribution in [0.3, 0.4) is 0 Å². The Hall–Kier alpha value is -2.53. The highest BCUT2D eigenvalue weighted by atomic mass is 16.5. The van der Waals surface area contributed by atoms with Gasteiger partial charge in [0.05, 0.1) is 7.11 Å². The Bertz CT molecular complexity index is 949. The van der Waals surface area contributed by atoms with Crippen molar-refractivity contribution in [3.05, 3.63) is 65.0 Å². The average Bonchev–Trinajstić information content (AvgIpc) is 2.83. The fraction of sp³-hybridized carbons (Fsp3) is 0.581. The van der Waals surface area contributed by atoms with E-state index in [2.05, 4.69) is 70.5 Å². The number of methoxy groups -OCH3 is 1. The molecular formula is C31H48N2O3. The summed E-state index contributed by atoms with van der Waals surface area (Å²) in [6.07, 6.45) is 9.23. The van der Waals surface area contributed by atoms with E-state index in [0.29, 0.717) is 17.8 Å². The van der Waals surface area contributed by atoms with Crippen LogP contribution in [0.4, 0.5) is 0 Å². The maximum Gasteiger partial charge on any atom is 0.258 e. The molecule has 0 bridgehead atoms. The van der Waals surface area contributed by atoms with Crippen molar-refractivity contribution in [1.29, 1.82) is 0 Å². The van der Waals surface area contributed by atoms with Gasteiger partial charge in [-0.2, -0.15) is 0 Å². The van der Waals surface area contributed by atoms with Crippen LogP contribution in [-0.4, -0.2) is 48.7 Å². The molecule has 4 atom stereocenters. The number of benzene rings is 1. The molecule has 0 aliphatic carbocycles. The minimum absolute atomic E-state index is 0.0457. The quantitative estimate of drug-likeness (QED) is 0.260. The summed E-state index contributed by atoms with van der Waals surface area (Å²) in [6, 6.07) is 7.19. The van der Waals surface area contributed by atoms with Gasteiger partial charge in [-0.3, -0.25) is 9.69 Å². The minimum Gasteiger partial charge on any atom is -0.497 e. The lowest BCUT2D eigenvalue weighted by molar-refractivity contribution is -0.124. The molecule has 2 rings (SSSR count). The molecule has 0 spiro atoms. The first-order valence-corrected chi connectivity index (χ1v) is 13.5. The first-order chi connectivity index (χ1) is 17.1. The van der Waals surface area contributed by atoms with E-state index in [1.807, 2.05) is 25.1 Å². The van der Waals surface area contributed by atoms with Gasteiger partial charge in [-0.05, 0) is 83.6 Å². The van der Waals surface area contributed by atoms with Gasteiger partial charge >= 0.3 is 0 Å². The summed E-state index contributed by atoms with van der Waals surface area (Å²) in [6.45, 7) is 19.3. The van der Waals surface area contributed by atoms with Crippen molar-refractivity contribution in [3.8, 4) is 5.75 Å². The highest BCUT2D eigenvalue weighted by Crippen LogP contribution is 2.32. The Morgan fingerprint density at radius 1 is 1.25 bits per heavy atom. The van der Waals surface area contributed by atoms with Crippen LogP contribution >= 0.6 is 0 Å². The maximum atomic E-state index is 12.8. The number of hydrogen-bond acceptors (Lipinski definition) is 4. The molecule has 1 fully saturated rings. The van der Waals surface area contributed by atoms with E-state index >= 15 is 0 Å². The molecule has 1 saturated heterocycles. The van der Waals surface area contributed by atoms with Gasteiger partial charge < -0.3 is 14.8 Å². The Balaban J connectivity index is 2.11. The number of allylic oxidation sites excluding steroid dienone is 2. The number of likely N-dealkylation sites (tertiary alicyclic amines) is 1. The maximum absolute atomic E-state index is 12.8. The van der Waals surface area contributed by atoms with Crippen LogP contribution < -0.4 is 10.1 Å². The van der Waals surface area contributed by atoms with Crippen LogP contribution in [0.25, 0.3) is 0 Å². The number of aryl methyl sites for hydroxylation is 2. The van der Waals surface area contributed by atoms with E-state index in [1.165, 1.54) is 16.7 Å². The summed E-state index contributed by atoms with van der Waals surface area (Å²) < 4.78 is 11.1. The van der Waals surface area contributed by atoms with Gasteiger partial charge in [-0.25, -0.2) is 0 Å². The largest absolute Gasteiger partial charge is 0.497 e. The molecule has 1 amide bonds. The number of carbonyl (C=O) groups excluding carboxylic acids is 1. The van der Waals surface area contributed by atoms with Crippen LogP contribution in [-0.2, 0) is 9.53 Å². The van der Waals surface area contributed by atoms with Crippen LogP contribution in [0.15, 0.2) is 53.8 Å². The van der Waals surface area contributed by atoms with Crippen molar-refractivity contribution >= 4 is 5.91 Å². The van der Waals surface area contributed by atoms with Crippen LogP contribution in [0, 0.1) is 13.8 Å². The van der Waals surface area contributed by atoms with Gasteiger partial charge in [0.25, 0.3) is 5.91 Å². The molecule has 1 aliphatic heterocycles. The average molecular weight is 497 g/mol. The summed E-state index contributed by atoms with van der Waals surface area (Å²) in [5, 5.41) is 3.26. The molecule has 5 nitrogen and oxygen atoms in total. The Labute approximate surface area is 219 Å². The number of nitrogens with one attached hydrogen (secondary N) is 1. The monoisotopic (exact) mass is 496 g/mol. The zero-order valence-corrected chi connectivity index (χ0v) is 23.8. The number of ether oxygens (including phenoxy) is 2. The second kappa shape index (κ2) is 14.3. The number of nitrogens with zero attached hydrogens (tertiary/aromatic N) is 1. The van der Waals surface area contributed by atoms with E-state index in [1.54, 1.807) is 7.11 Å². The third kappa shape index (κ3) is 8.26. The van der Waals surface area contributed by atoms with Crippen molar-refractivity contribution in [1.82, 2.24) is 10.2 Å². The number of carbonyl (C=O) groups is 1. The smallest absolute Gasteiger partial charge is 0.258 e. The Morgan fingerprint density at radius 2 is 1.97 bits per heavy atom. The van der Waals surface area contributed by atoms with E-state index < -0.39 is 0 Å². The molecule has 0 saturated carbocycles. The Kier molecular flexibility index (Phi) is 11.8. The highest BCUT2D eigenvalue weighted by molar-refractivity contribution is 5.77. The van der Waals surface area contributed by atoms with Crippen molar-refractivity contribution in [3.63, 3.8) is 0 Å². The van der Waals surface area contributed by atoms with Gasteiger partial charge in [0, 0.05) is 24.2 Å². The third-order valence-corrected chi connectivity index (χ3v) is 7.42. The molecule has 0 aromatic heterocycles. The lowest BCUT2D eigenvalue weighted by Crippen LogP contribution is -2.57. The predicted octanol–water partition coefficient (Wildman–Crippen LogP) is 6.65. The van der Waals surface area contributed by atoms with Crippen molar-refractivity contribution in [2.45, 2.75) is 105 Å². The zero-order valence-electron chi connectivity index (χ0n) is 23.8. The van der Waals surface area contributed by atoms with E-state index in [9.17, 15) is 4.79 Å². The summed E-state index contributed by atoms with van der Waals surface area (Å²) in [5.41, 5.74) is 4.95. The highest BCUT2D eigenvalue weighted by Gasteiger charge is 2.37. The normalized spacial score (nSPS) is 22.2. The topological polar surface area (TPSA) is 50.8 Å². The standard InChI is InChI=1S/C31H48N2O3/c1-10-12-28-19-27(32-31(34)20-36-30-16-13-21(3)17-23(30)5)18-24(6)33(28)26(8)29(22(4)11-2)15-14-25(7)35-9/h13-17,24,26-28H,7,10-12,18-20H2,1-6,8-9H3,(H,32,34)/b15-14-,29-22+. The van der Waals surface area contributed by atoms with E-state index in [0.717, 1.165) is 43.4 Å². The summed E-state index contributed by atoms with van der Waals surface area (Å²) in [7, 11) is 1.65. The van der Waals surface area contributed by atoms with Crippen molar-refractivity contribution < 1.29 is 14.3 Å². The molecule has 0 radical (unpaired) electrons. The van der Waals surface area contributed by atoms with Crippen molar-refractivity contribution in [2.75, 3.05) is 13.7 Å². The number of piperidine rings is 1. The van der Waals surface area contributed by atoms with E-state index in [4.69, 9.17) is 9.47 Å². The molecule has 4 unspecified atom stereocenters. The lowest BCUT2D eigenvalue weighted by Gasteiger charge is -2.48. The Morgan fingerprint density at radius 3 is 2.58 bits per heavy atom. The number of hydrogen-bond donors (Lipinski definition) is 1. The third-order valence-electron chi connectivity index (χ3n) is 7.42. The number of rotatable bonds is 12. The van der Waals surface area contributed by atoms with Gasteiger partial charge in [-0.15, -0.1) is 0 Å². The number of amides is 1. The van der Waals surface area contributed by atoms with Gasteiger partial charge in [0.1, 0.15) is 11.5 Å². The summed E-state index contributed by atoms with van der Waals surface area (Å²) >= 11 is 0. The fourth-order valence-electron chi connectivity index (χ4n) is 5.48. The molecule has 1 N–H and O–H groups in total. The molecule has 5 heteroatoms. The minimum atomic E-state index is -0.0488. The first-order valence-electron chi connectivity index (χ1n) is 13.5. The van der Waals surface area contributed by atoms with Gasteiger partial charge in [0.15, 0.2) is 6.61 Å². The molecular weight excluding hydrogens is 448 g/mol. The summed E-state index contributed by atoms with van der Waals surface area (Å²) in [5.74, 6) is 1.38. The second-order valence-corrected chi connectivity index (χ2v) is 10.3. The second-order valence-electron chi connectivity index (χ2n) is 10.3. The zero-order chi connectivity index (χ0) is 26.8. The molecule has 1 aromatic carbocycles. The molecule has 1 heterocycles. The first kappa shape index (κ1) is 29.7. The SMILES string of the molecule is C=C(/C=C\C(=C(\C)CC)C(C)N1C(C)CC(NC(=O)COc2ccc(C)cc2C)CC1CCC)OC. The van der Waals surface area contributed by atoms with Crippen LogP contribution in [0.5, 0.6) is 5.75 Å². The predicted molar refractivity (Wildman–Crippen MR) is 150 cm³/mol. The lowest BCUT2D eigenvalue weighted by atomic mass is 9.86. The van der Waals surface area contributed by atoms with Crippen LogP contribution in [0.1, 0.15) is 77.8 Å². The molecule has 1 aromatic rings. The summed E-state index contributed by atoms with van der Waals surface area (Å²) in [4.78, 5) is 15.4.